The van der Waals surface area contributed by atoms with E-state index in [-0.39, 0.29) is 5.91 Å². The summed E-state index contributed by atoms with van der Waals surface area (Å²) in [5.74, 6) is 1.34. The topological polar surface area (TPSA) is 73.6 Å². The number of nitrogens with two attached hydrogens (primary N) is 1. The Morgan fingerprint density at radius 2 is 1.81 bits per heavy atom. The smallest absolute Gasteiger partial charge is 0.224 e. The summed E-state index contributed by atoms with van der Waals surface area (Å²) in [5, 5.41) is 2.93. The fourth-order valence-corrected chi connectivity index (χ4v) is 2.09. The molecule has 5 nitrogen and oxygen atoms in total. The SMILES string of the molecule is COc1ccc(CC(=O)NCCCCCCN)cc1OC. The summed E-state index contributed by atoms with van der Waals surface area (Å²) in [6, 6.07) is 5.52. The average Bonchev–Trinajstić information content (AvgIpc) is 2.50. The molecule has 21 heavy (non-hydrogen) atoms. The number of hydrogen-bond acceptors (Lipinski definition) is 4. The lowest BCUT2D eigenvalue weighted by atomic mass is 10.1. The summed E-state index contributed by atoms with van der Waals surface area (Å²) in [6.07, 6.45) is 4.64. The number of nitrogens with one attached hydrogen (secondary N) is 1. The number of carbonyl (C=O) groups is 1. The molecule has 0 bridgehead atoms. The van der Waals surface area contributed by atoms with Gasteiger partial charge in [-0.1, -0.05) is 18.9 Å². The molecule has 0 spiro atoms. The first-order chi connectivity index (χ1) is 10.2. The summed E-state index contributed by atoms with van der Waals surface area (Å²) in [5.41, 5.74) is 6.34. The Hall–Kier alpha value is -1.75. The fourth-order valence-electron chi connectivity index (χ4n) is 2.09. The van der Waals surface area contributed by atoms with Crippen LogP contribution in [0.5, 0.6) is 11.5 Å². The minimum atomic E-state index is 0.0287. The molecule has 0 heterocycles. The van der Waals surface area contributed by atoms with Gasteiger partial charge in [-0.25, -0.2) is 0 Å². The van der Waals surface area contributed by atoms with Gasteiger partial charge in [0.05, 0.1) is 20.6 Å². The van der Waals surface area contributed by atoms with Gasteiger partial charge in [0.15, 0.2) is 11.5 Å². The van der Waals surface area contributed by atoms with Crippen molar-refractivity contribution in [3.8, 4) is 11.5 Å². The summed E-state index contributed by atoms with van der Waals surface area (Å²) in [4.78, 5) is 11.9. The van der Waals surface area contributed by atoms with E-state index in [1.54, 1.807) is 14.2 Å². The summed E-state index contributed by atoms with van der Waals surface area (Å²) in [6.45, 7) is 1.46. The predicted octanol–water partition coefficient (Wildman–Crippen LogP) is 1.88. The first-order valence-corrected chi connectivity index (χ1v) is 7.39. The van der Waals surface area contributed by atoms with Crippen molar-refractivity contribution >= 4 is 5.91 Å². The molecule has 0 saturated carbocycles. The number of carbonyl (C=O) groups excluding carboxylic acids is 1. The zero-order valence-electron chi connectivity index (χ0n) is 13.0. The standard InChI is InChI=1S/C16H26N2O3/c1-20-14-8-7-13(11-15(14)21-2)12-16(19)18-10-6-4-3-5-9-17/h7-8,11H,3-6,9-10,12,17H2,1-2H3,(H,18,19). The lowest BCUT2D eigenvalue weighted by Crippen LogP contribution is -2.26. The summed E-state index contributed by atoms with van der Waals surface area (Å²) < 4.78 is 10.4. The van der Waals surface area contributed by atoms with Crippen LogP contribution in [0.4, 0.5) is 0 Å². The molecule has 0 radical (unpaired) electrons. The van der Waals surface area contributed by atoms with Crippen LogP contribution in [0.3, 0.4) is 0 Å². The van der Waals surface area contributed by atoms with Gasteiger partial charge < -0.3 is 20.5 Å². The van der Waals surface area contributed by atoms with Gasteiger partial charge in [0, 0.05) is 6.54 Å². The Bertz CT molecular complexity index is 436. The third kappa shape index (κ3) is 6.49. The third-order valence-corrected chi connectivity index (χ3v) is 3.27. The molecule has 0 aliphatic heterocycles. The van der Waals surface area contributed by atoms with E-state index in [0.717, 1.165) is 44.3 Å². The van der Waals surface area contributed by atoms with Crippen LogP contribution in [-0.2, 0) is 11.2 Å². The highest BCUT2D eigenvalue weighted by Gasteiger charge is 2.07. The van der Waals surface area contributed by atoms with Gasteiger partial charge in [0.2, 0.25) is 5.91 Å². The van der Waals surface area contributed by atoms with Crippen LogP contribution >= 0.6 is 0 Å². The Kier molecular flexibility index (Phi) is 8.28. The van der Waals surface area contributed by atoms with E-state index in [4.69, 9.17) is 15.2 Å². The van der Waals surface area contributed by atoms with Crippen molar-refractivity contribution in [1.82, 2.24) is 5.32 Å². The second kappa shape index (κ2) is 10.0. The normalized spacial score (nSPS) is 10.2. The van der Waals surface area contributed by atoms with Crippen molar-refractivity contribution in [1.29, 1.82) is 0 Å². The number of hydrogen-bond donors (Lipinski definition) is 2. The number of benzene rings is 1. The first-order valence-electron chi connectivity index (χ1n) is 7.39. The highest BCUT2D eigenvalue weighted by molar-refractivity contribution is 5.78. The average molecular weight is 294 g/mol. The highest BCUT2D eigenvalue weighted by Crippen LogP contribution is 2.27. The zero-order valence-corrected chi connectivity index (χ0v) is 13.0. The largest absolute Gasteiger partial charge is 0.493 e. The Morgan fingerprint density at radius 1 is 1.10 bits per heavy atom. The van der Waals surface area contributed by atoms with Crippen molar-refractivity contribution in [3.63, 3.8) is 0 Å². The lowest BCUT2D eigenvalue weighted by Gasteiger charge is -2.10. The number of methoxy groups -OCH3 is 2. The van der Waals surface area contributed by atoms with Gasteiger partial charge in [-0.2, -0.15) is 0 Å². The number of unbranched alkanes of at least 4 members (excludes halogenated alkanes) is 3. The molecule has 3 N–H and O–H groups in total. The first kappa shape index (κ1) is 17.3. The Balaban J connectivity index is 2.34. The maximum atomic E-state index is 11.9. The fraction of sp³-hybridized carbons (Fsp3) is 0.562. The van der Waals surface area contributed by atoms with E-state index in [1.807, 2.05) is 18.2 Å². The van der Waals surface area contributed by atoms with Gasteiger partial charge in [-0.15, -0.1) is 0 Å². The molecule has 1 aromatic carbocycles. The van der Waals surface area contributed by atoms with Crippen LogP contribution in [0.15, 0.2) is 18.2 Å². The van der Waals surface area contributed by atoms with E-state index in [1.165, 1.54) is 0 Å². The second-order valence-electron chi connectivity index (χ2n) is 4.92. The van der Waals surface area contributed by atoms with Gasteiger partial charge in [-0.3, -0.25) is 4.79 Å². The minimum absolute atomic E-state index is 0.0287. The van der Waals surface area contributed by atoms with Crippen molar-refractivity contribution < 1.29 is 14.3 Å². The van der Waals surface area contributed by atoms with Gasteiger partial charge in [0.1, 0.15) is 0 Å². The predicted molar refractivity (Wildman–Crippen MR) is 83.8 cm³/mol. The zero-order chi connectivity index (χ0) is 15.5. The van der Waals surface area contributed by atoms with Gasteiger partial charge in [0.25, 0.3) is 0 Å². The van der Waals surface area contributed by atoms with Crippen LogP contribution in [0, 0.1) is 0 Å². The molecule has 0 aromatic heterocycles. The molecule has 1 amide bonds. The van der Waals surface area contributed by atoms with Crippen LogP contribution in [-0.4, -0.2) is 33.2 Å². The van der Waals surface area contributed by atoms with Crippen LogP contribution in [0.1, 0.15) is 31.2 Å². The van der Waals surface area contributed by atoms with Gasteiger partial charge in [-0.05, 0) is 37.1 Å². The van der Waals surface area contributed by atoms with E-state index >= 15 is 0 Å². The second-order valence-corrected chi connectivity index (χ2v) is 4.92. The van der Waals surface area contributed by atoms with Gasteiger partial charge >= 0.3 is 0 Å². The molecule has 0 unspecified atom stereocenters. The minimum Gasteiger partial charge on any atom is -0.493 e. The van der Waals surface area contributed by atoms with Crippen molar-refractivity contribution in [3.05, 3.63) is 23.8 Å². The number of rotatable bonds is 10. The lowest BCUT2D eigenvalue weighted by molar-refractivity contribution is -0.120. The molecule has 5 heteroatoms. The highest BCUT2D eigenvalue weighted by atomic mass is 16.5. The molecule has 0 fully saturated rings. The molecule has 1 rings (SSSR count). The maximum Gasteiger partial charge on any atom is 0.224 e. The quantitative estimate of drug-likeness (QED) is 0.646. The Morgan fingerprint density at radius 3 is 2.48 bits per heavy atom. The summed E-state index contributed by atoms with van der Waals surface area (Å²) >= 11 is 0. The molecule has 118 valence electrons. The van der Waals surface area contributed by atoms with Crippen molar-refractivity contribution in [2.45, 2.75) is 32.1 Å². The molecule has 0 atom stereocenters. The third-order valence-electron chi connectivity index (χ3n) is 3.27. The molecular formula is C16H26N2O3. The van der Waals surface area contributed by atoms with E-state index in [9.17, 15) is 4.79 Å². The van der Waals surface area contributed by atoms with Crippen LogP contribution in [0.2, 0.25) is 0 Å². The van der Waals surface area contributed by atoms with Crippen LogP contribution < -0.4 is 20.5 Å². The molecule has 0 saturated heterocycles. The van der Waals surface area contributed by atoms with Crippen molar-refractivity contribution in [2.75, 3.05) is 27.3 Å². The maximum absolute atomic E-state index is 11.9. The Labute approximate surface area is 126 Å². The number of amides is 1. The van der Waals surface area contributed by atoms with E-state index in [2.05, 4.69) is 5.32 Å². The monoisotopic (exact) mass is 294 g/mol. The van der Waals surface area contributed by atoms with E-state index in [0.29, 0.717) is 17.9 Å². The number of ether oxygens (including phenoxy) is 2. The van der Waals surface area contributed by atoms with E-state index < -0.39 is 0 Å². The molecule has 1 aromatic rings. The van der Waals surface area contributed by atoms with Crippen molar-refractivity contribution in [2.24, 2.45) is 5.73 Å². The summed E-state index contributed by atoms with van der Waals surface area (Å²) in [7, 11) is 3.18. The molecule has 0 aliphatic rings. The van der Waals surface area contributed by atoms with Crippen LogP contribution in [0.25, 0.3) is 0 Å². The molecule has 0 aliphatic carbocycles. The molecular weight excluding hydrogens is 268 g/mol.